The average Bonchev–Trinajstić information content (AvgIpc) is 3.30. The van der Waals surface area contributed by atoms with Gasteiger partial charge >= 0.3 is 0 Å². The first kappa shape index (κ1) is 24.0. The van der Waals surface area contributed by atoms with Crippen LogP contribution in [0.2, 0.25) is 0 Å². The summed E-state index contributed by atoms with van der Waals surface area (Å²) in [5.74, 6) is -0.206. The van der Waals surface area contributed by atoms with Crippen LogP contribution in [0.1, 0.15) is 27.2 Å². The lowest BCUT2D eigenvalue weighted by molar-refractivity contribution is 0.0953. The highest BCUT2D eigenvalue weighted by molar-refractivity contribution is 7.89. The lowest BCUT2D eigenvalue weighted by Gasteiger charge is -2.12. The van der Waals surface area contributed by atoms with Crippen molar-refractivity contribution < 1.29 is 13.2 Å². The monoisotopic (exact) mass is 471 g/mol. The Morgan fingerprint density at radius 1 is 0.938 bits per heavy atom. The summed E-state index contributed by atoms with van der Waals surface area (Å²) in [6.45, 7) is 0.890. The molecular weight excluding hydrogens is 442 g/mol. The van der Waals surface area contributed by atoms with Crippen LogP contribution in [0.15, 0.2) is 70.9 Å². The van der Waals surface area contributed by atoms with Gasteiger partial charge in [-0.05, 0) is 72.7 Å². The number of sulfonamides is 1. The minimum Gasteiger partial charge on any atom is -0.378 e. The van der Waals surface area contributed by atoms with E-state index in [0.29, 0.717) is 25.1 Å². The van der Waals surface area contributed by atoms with Crippen LogP contribution in [0.5, 0.6) is 0 Å². The molecule has 0 atom stereocenters. The molecule has 2 aromatic carbocycles. The highest BCUT2D eigenvalue weighted by Gasteiger charge is 2.14. The Labute approximate surface area is 194 Å². The fourth-order valence-corrected chi connectivity index (χ4v) is 4.93. The molecule has 0 unspecified atom stereocenters. The molecule has 3 aromatic rings. The van der Waals surface area contributed by atoms with Crippen molar-refractivity contribution in [1.29, 1.82) is 0 Å². The van der Waals surface area contributed by atoms with Crippen LogP contribution in [0.25, 0.3) is 0 Å². The number of aryl methyl sites for hydroxylation is 1. The van der Waals surface area contributed by atoms with E-state index in [1.807, 2.05) is 31.6 Å². The predicted octanol–water partition coefficient (Wildman–Crippen LogP) is 3.70. The van der Waals surface area contributed by atoms with E-state index in [2.05, 4.69) is 39.2 Å². The quantitative estimate of drug-likeness (QED) is 0.418. The highest BCUT2D eigenvalue weighted by Crippen LogP contribution is 2.14. The molecule has 170 valence electrons. The summed E-state index contributed by atoms with van der Waals surface area (Å²) in [7, 11) is 0.423. The average molecular weight is 472 g/mol. The van der Waals surface area contributed by atoms with Crippen LogP contribution < -0.4 is 14.9 Å². The molecule has 1 heterocycles. The maximum atomic E-state index is 12.4. The third kappa shape index (κ3) is 6.91. The Bertz CT molecular complexity index is 1090. The zero-order valence-corrected chi connectivity index (χ0v) is 20.0. The molecule has 0 saturated carbocycles. The van der Waals surface area contributed by atoms with Gasteiger partial charge in [0.2, 0.25) is 10.0 Å². The number of hydrogen-bond donors (Lipinski definition) is 2. The number of amides is 1. The number of benzene rings is 2. The second-order valence-corrected chi connectivity index (χ2v) is 10.5. The number of anilines is 1. The second-order valence-electron chi connectivity index (χ2n) is 7.67. The summed E-state index contributed by atoms with van der Waals surface area (Å²) in [4.78, 5) is 15.7. The number of nitrogens with zero attached hydrogens (tertiary/aromatic N) is 1. The van der Waals surface area contributed by atoms with Gasteiger partial charge in [0.05, 0.1) is 4.90 Å². The number of carbonyl (C=O) groups excluding carboxylic acids is 1. The van der Waals surface area contributed by atoms with Crippen molar-refractivity contribution in [3.63, 3.8) is 0 Å². The SMILES string of the molecule is CN(C)c1ccc(CCCNC(=O)c2ccc(S(=O)(=O)NCCc3cccs3)cc2)cc1. The number of nitrogens with one attached hydrogen (secondary N) is 2. The van der Waals surface area contributed by atoms with Gasteiger partial charge in [-0.1, -0.05) is 18.2 Å². The molecule has 3 rings (SSSR count). The van der Waals surface area contributed by atoms with Crippen molar-refractivity contribution in [2.75, 3.05) is 32.1 Å². The molecule has 32 heavy (non-hydrogen) atoms. The van der Waals surface area contributed by atoms with E-state index in [0.717, 1.165) is 23.4 Å². The van der Waals surface area contributed by atoms with Crippen LogP contribution in [0.4, 0.5) is 5.69 Å². The molecule has 0 fully saturated rings. The summed E-state index contributed by atoms with van der Waals surface area (Å²) in [6, 6.07) is 18.3. The Morgan fingerprint density at radius 3 is 2.28 bits per heavy atom. The molecule has 0 aliphatic rings. The van der Waals surface area contributed by atoms with E-state index < -0.39 is 10.0 Å². The molecule has 0 aliphatic heterocycles. The molecule has 0 saturated heterocycles. The molecule has 1 aromatic heterocycles. The van der Waals surface area contributed by atoms with Crippen molar-refractivity contribution in [2.45, 2.75) is 24.2 Å². The van der Waals surface area contributed by atoms with Gasteiger partial charge in [-0.15, -0.1) is 11.3 Å². The summed E-state index contributed by atoms with van der Waals surface area (Å²) in [5, 5.41) is 4.86. The molecule has 0 bridgehead atoms. The number of rotatable bonds is 11. The molecular formula is C24H29N3O3S2. The number of carbonyl (C=O) groups is 1. The van der Waals surface area contributed by atoms with Gasteiger partial charge in [0, 0.05) is 43.3 Å². The highest BCUT2D eigenvalue weighted by atomic mass is 32.2. The third-order valence-electron chi connectivity index (χ3n) is 5.05. The van der Waals surface area contributed by atoms with Crippen molar-refractivity contribution in [1.82, 2.24) is 10.0 Å². The molecule has 0 radical (unpaired) electrons. The summed E-state index contributed by atoms with van der Waals surface area (Å²) in [5.41, 5.74) is 2.83. The lowest BCUT2D eigenvalue weighted by atomic mass is 10.1. The van der Waals surface area contributed by atoms with Crippen LogP contribution in [0, 0.1) is 0 Å². The Hall–Kier alpha value is -2.68. The normalized spacial score (nSPS) is 11.3. The molecule has 0 aliphatic carbocycles. The van der Waals surface area contributed by atoms with Crippen molar-refractivity contribution in [3.8, 4) is 0 Å². The van der Waals surface area contributed by atoms with E-state index in [1.54, 1.807) is 23.5 Å². The van der Waals surface area contributed by atoms with Gasteiger partial charge < -0.3 is 10.2 Å². The lowest BCUT2D eigenvalue weighted by Crippen LogP contribution is -2.26. The third-order valence-corrected chi connectivity index (χ3v) is 7.46. The molecule has 6 nitrogen and oxygen atoms in total. The standard InChI is InChI=1S/C24H29N3O3S2/c1-27(2)21-11-7-19(8-12-21)5-3-16-25-24(28)20-9-13-23(14-10-20)32(29,30)26-17-15-22-6-4-18-31-22/h4,6-14,18,26H,3,5,15-17H2,1-2H3,(H,25,28). The van der Waals surface area contributed by atoms with Crippen LogP contribution in [-0.2, 0) is 22.9 Å². The first-order valence-electron chi connectivity index (χ1n) is 10.5. The summed E-state index contributed by atoms with van der Waals surface area (Å²) < 4.78 is 27.5. The van der Waals surface area contributed by atoms with E-state index in [9.17, 15) is 13.2 Å². The van der Waals surface area contributed by atoms with Crippen LogP contribution in [-0.4, -0.2) is 41.5 Å². The van der Waals surface area contributed by atoms with E-state index in [-0.39, 0.29) is 10.8 Å². The van der Waals surface area contributed by atoms with E-state index >= 15 is 0 Å². The minimum atomic E-state index is -3.60. The fraction of sp³-hybridized carbons (Fsp3) is 0.292. The van der Waals surface area contributed by atoms with E-state index in [1.165, 1.54) is 17.7 Å². The maximum Gasteiger partial charge on any atom is 0.251 e. The molecule has 8 heteroatoms. The van der Waals surface area contributed by atoms with Crippen molar-refractivity contribution in [2.24, 2.45) is 0 Å². The topological polar surface area (TPSA) is 78.5 Å². The predicted molar refractivity (Wildman–Crippen MR) is 131 cm³/mol. The second kappa shape index (κ2) is 11.3. The summed E-state index contributed by atoms with van der Waals surface area (Å²) >= 11 is 1.60. The van der Waals surface area contributed by atoms with Gasteiger partial charge in [-0.3, -0.25) is 4.79 Å². The van der Waals surface area contributed by atoms with Gasteiger partial charge in [-0.25, -0.2) is 13.1 Å². The Balaban J connectivity index is 1.43. The fourth-order valence-electron chi connectivity index (χ4n) is 3.19. The molecule has 0 spiro atoms. The zero-order valence-electron chi connectivity index (χ0n) is 18.4. The zero-order chi connectivity index (χ0) is 23.0. The largest absolute Gasteiger partial charge is 0.378 e. The summed E-state index contributed by atoms with van der Waals surface area (Å²) in [6.07, 6.45) is 2.35. The van der Waals surface area contributed by atoms with Crippen molar-refractivity contribution >= 4 is 33.0 Å². The van der Waals surface area contributed by atoms with Crippen molar-refractivity contribution in [3.05, 3.63) is 82.0 Å². The van der Waals surface area contributed by atoms with Gasteiger partial charge in [0.1, 0.15) is 0 Å². The van der Waals surface area contributed by atoms with Gasteiger partial charge in [-0.2, -0.15) is 0 Å². The number of thiophene rings is 1. The smallest absolute Gasteiger partial charge is 0.251 e. The van der Waals surface area contributed by atoms with Gasteiger partial charge in [0.15, 0.2) is 0 Å². The number of hydrogen-bond acceptors (Lipinski definition) is 5. The Morgan fingerprint density at radius 2 is 1.66 bits per heavy atom. The molecule has 1 amide bonds. The van der Waals surface area contributed by atoms with E-state index in [4.69, 9.17) is 0 Å². The Kier molecular flexibility index (Phi) is 8.44. The first-order chi connectivity index (χ1) is 15.3. The first-order valence-corrected chi connectivity index (χ1v) is 12.9. The van der Waals surface area contributed by atoms with Crippen LogP contribution in [0.3, 0.4) is 0 Å². The van der Waals surface area contributed by atoms with Crippen LogP contribution >= 0.6 is 11.3 Å². The molecule has 2 N–H and O–H groups in total. The maximum absolute atomic E-state index is 12.4. The minimum absolute atomic E-state index is 0.154. The van der Waals surface area contributed by atoms with Gasteiger partial charge in [0.25, 0.3) is 5.91 Å².